The van der Waals surface area contributed by atoms with E-state index < -0.39 is 35.3 Å². The Bertz CT molecular complexity index is 905. The van der Waals surface area contributed by atoms with Crippen molar-refractivity contribution >= 4 is 10.9 Å². The first-order chi connectivity index (χ1) is 30.0. The Hall–Kier alpha value is -0.170. The van der Waals surface area contributed by atoms with Gasteiger partial charge in [0.05, 0.1) is 83.0 Å². The highest BCUT2D eigenvalue weighted by Crippen LogP contribution is 2.49. The molecule has 7 unspecified atom stereocenters. The Morgan fingerprint density at radius 2 is 0.726 bits per heavy atom. The fraction of sp³-hybridized carbons (Fsp3) is 1.00. The van der Waals surface area contributed by atoms with Crippen LogP contribution in [0.2, 0.25) is 0 Å². The van der Waals surface area contributed by atoms with Gasteiger partial charge in [0.2, 0.25) is 0 Å². The van der Waals surface area contributed by atoms with Gasteiger partial charge < -0.3 is 39.4 Å². The summed E-state index contributed by atoms with van der Waals surface area (Å²) in [4.78, 5) is 4.29. The summed E-state index contributed by atoms with van der Waals surface area (Å²) in [6, 6.07) is 0. The zero-order chi connectivity index (χ0) is 46.3. The monoisotopic (exact) mass is 915 g/mol. The summed E-state index contributed by atoms with van der Waals surface area (Å²) in [6.07, 6.45) is 15.6. The average molecular weight is 915 g/mol. The molecule has 0 saturated carbocycles. The molecule has 376 valence electrons. The Kier molecular flexibility index (Phi) is 42.1. The number of ether oxygens (including phenoxy) is 4. The third-order valence-electron chi connectivity index (χ3n) is 12.0. The molecule has 0 spiro atoms. The number of hydrogen-bond donors (Lipinski definition) is 4. The molecule has 0 heterocycles. The topological polar surface area (TPSA) is 152 Å². The Balaban J connectivity index is 5.29. The van der Waals surface area contributed by atoms with Gasteiger partial charge in [0, 0.05) is 58.4 Å². The number of nitrogens with zero attached hydrogens (tertiary/aromatic N) is 2. The van der Waals surface area contributed by atoms with E-state index >= 15 is 0 Å². The Morgan fingerprint density at radius 3 is 1.02 bits per heavy atom. The molecule has 0 radical (unpaired) electrons. The van der Waals surface area contributed by atoms with Crippen molar-refractivity contribution in [1.29, 1.82) is 0 Å². The van der Waals surface area contributed by atoms with E-state index in [1.165, 1.54) is 38.5 Å². The normalized spacial score (nSPS) is 16.2. The third kappa shape index (κ3) is 33.3. The van der Waals surface area contributed by atoms with Crippen LogP contribution in [-0.2, 0) is 31.5 Å². The maximum Gasteiger partial charge on any atom is 0.0900 e. The van der Waals surface area contributed by atoms with Crippen LogP contribution in [0.5, 0.6) is 0 Å². The molecular formula is C48H102N2O11S. The molecule has 13 nitrogen and oxygen atoms in total. The van der Waals surface area contributed by atoms with E-state index in [1.807, 2.05) is 0 Å². The van der Waals surface area contributed by atoms with E-state index in [9.17, 15) is 20.4 Å². The summed E-state index contributed by atoms with van der Waals surface area (Å²) in [6.45, 7) is 19.9. The van der Waals surface area contributed by atoms with Gasteiger partial charge in [-0.2, -0.15) is 0 Å². The van der Waals surface area contributed by atoms with Gasteiger partial charge in [-0.15, -0.1) is 0 Å². The summed E-state index contributed by atoms with van der Waals surface area (Å²) in [5.74, 6) is 2.12. The van der Waals surface area contributed by atoms with Gasteiger partial charge >= 0.3 is 0 Å². The van der Waals surface area contributed by atoms with Gasteiger partial charge in [-0.05, 0) is 69.4 Å². The first-order valence-electron chi connectivity index (χ1n) is 24.9. The van der Waals surface area contributed by atoms with Crippen molar-refractivity contribution in [3.8, 4) is 0 Å². The van der Waals surface area contributed by atoms with Crippen LogP contribution in [-0.4, -0.2) is 174 Å². The van der Waals surface area contributed by atoms with E-state index in [0.717, 1.165) is 77.3 Å². The minimum Gasteiger partial charge on any atom is -0.389 e. The molecule has 0 rings (SSSR count). The number of hydrogen-bond acceptors (Lipinski definition) is 13. The van der Waals surface area contributed by atoms with Gasteiger partial charge in [-0.1, -0.05) is 112 Å². The summed E-state index contributed by atoms with van der Waals surface area (Å²) in [5, 5.41) is 44.0. The highest BCUT2D eigenvalue weighted by molar-refractivity contribution is 8.21. The minimum atomic E-state index is -2.04. The molecule has 0 aromatic rings. The molecule has 4 N–H and O–H groups in total. The lowest BCUT2D eigenvalue weighted by Gasteiger charge is -2.33. The Labute approximate surface area is 383 Å². The summed E-state index contributed by atoms with van der Waals surface area (Å²) in [5.41, 5.74) is 0. The maximum atomic E-state index is 11.0. The molecule has 0 aliphatic rings. The zero-order valence-corrected chi connectivity index (χ0v) is 42.4. The molecule has 0 bridgehead atoms. The molecule has 14 heteroatoms. The number of rotatable bonds is 48. The predicted molar refractivity (Wildman–Crippen MR) is 257 cm³/mol. The molecule has 0 aliphatic carbocycles. The number of aliphatic hydroxyl groups is 4. The van der Waals surface area contributed by atoms with Crippen LogP contribution in [0.25, 0.3) is 0 Å². The lowest BCUT2D eigenvalue weighted by molar-refractivity contribution is -0.0208. The molecule has 0 saturated heterocycles. The van der Waals surface area contributed by atoms with Crippen molar-refractivity contribution in [2.75, 3.05) is 119 Å². The number of aliphatic hydroxyl groups excluding tert-OH is 4. The molecular weight excluding hydrogens is 813 g/mol. The first kappa shape index (κ1) is 61.8. The zero-order valence-electron chi connectivity index (χ0n) is 41.6. The molecule has 0 fully saturated rings. The second-order valence-electron chi connectivity index (χ2n) is 17.6. The van der Waals surface area contributed by atoms with Gasteiger partial charge in [-0.25, -0.2) is 0 Å². The van der Waals surface area contributed by atoms with E-state index in [1.54, 1.807) is 21.3 Å². The fourth-order valence-electron chi connectivity index (χ4n) is 7.76. The van der Waals surface area contributed by atoms with Gasteiger partial charge in [0.1, 0.15) is 0 Å². The van der Waals surface area contributed by atoms with Crippen molar-refractivity contribution < 1.29 is 51.9 Å². The van der Waals surface area contributed by atoms with Crippen LogP contribution in [0, 0.1) is 17.8 Å². The Morgan fingerprint density at radius 1 is 0.403 bits per heavy atom. The summed E-state index contributed by atoms with van der Waals surface area (Å²) in [7, 11) is 2.69. The van der Waals surface area contributed by atoms with Crippen LogP contribution in [0.3, 0.4) is 0 Å². The van der Waals surface area contributed by atoms with Crippen LogP contribution in [0.15, 0.2) is 0 Å². The first-order valence-corrected chi connectivity index (χ1v) is 26.5. The SMILES string of the molecule is CCCCC(CC)COCC(O)CN(CCCCCCN(CC(O)COCC(CC)CCCC)CC(O)COCC(CC)CCCC)CC(O)COCCCS(OC)(OC)OC. The quantitative estimate of drug-likeness (QED) is 0.0435. The highest BCUT2D eigenvalue weighted by Gasteiger charge is 2.23. The smallest absolute Gasteiger partial charge is 0.0900 e. The molecule has 7 atom stereocenters. The number of unbranched alkanes of at least 4 members (excludes halogenated alkanes) is 6. The third-order valence-corrected chi connectivity index (χ3v) is 14.3. The second kappa shape index (κ2) is 42.2. The van der Waals surface area contributed by atoms with Crippen LogP contribution in [0.4, 0.5) is 0 Å². The molecule has 0 aromatic heterocycles. The van der Waals surface area contributed by atoms with Crippen molar-refractivity contribution in [2.45, 2.75) is 175 Å². The van der Waals surface area contributed by atoms with Crippen molar-refractivity contribution in [1.82, 2.24) is 9.80 Å². The average Bonchev–Trinajstić information content (AvgIpc) is 3.26. The standard InChI is InChI=1S/C48H102N2O11S/c1-10-16-24-42(13-4)35-59-39-46(52)32-49(31-45(51)38-58-29-23-30-62(55-7,56-8)57-9)27-21-19-20-22-28-50(33-47(53)40-60-36-43(14-5)25-17-11-2)34-48(54)41-61-37-44(15-6)26-18-12-3/h42-48,51-54H,10-41H2,1-9H3. The van der Waals surface area contributed by atoms with Crippen molar-refractivity contribution in [2.24, 2.45) is 17.8 Å². The largest absolute Gasteiger partial charge is 0.389 e. The predicted octanol–water partition coefficient (Wildman–Crippen LogP) is 8.19. The fourth-order valence-corrected chi connectivity index (χ4v) is 9.14. The summed E-state index contributed by atoms with van der Waals surface area (Å²) < 4.78 is 40.2. The molecule has 0 amide bonds. The van der Waals surface area contributed by atoms with Gasteiger partial charge in [-0.3, -0.25) is 22.3 Å². The van der Waals surface area contributed by atoms with E-state index in [-0.39, 0.29) is 13.2 Å². The van der Waals surface area contributed by atoms with Gasteiger partial charge in [0.15, 0.2) is 0 Å². The lowest BCUT2D eigenvalue weighted by Crippen LogP contribution is -2.42. The van der Waals surface area contributed by atoms with Crippen LogP contribution < -0.4 is 0 Å². The minimum absolute atomic E-state index is 0.188. The molecule has 62 heavy (non-hydrogen) atoms. The van der Waals surface area contributed by atoms with Crippen LogP contribution >= 0.6 is 10.9 Å². The van der Waals surface area contributed by atoms with E-state index in [2.05, 4.69) is 51.3 Å². The molecule has 0 aromatic carbocycles. The van der Waals surface area contributed by atoms with Crippen LogP contribution in [0.1, 0.15) is 151 Å². The van der Waals surface area contributed by atoms with Gasteiger partial charge in [0.25, 0.3) is 0 Å². The van der Waals surface area contributed by atoms with Crippen molar-refractivity contribution in [3.05, 3.63) is 0 Å². The van der Waals surface area contributed by atoms with E-state index in [4.69, 9.17) is 31.5 Å². The van der Waals surface area contributed by atoms with Crippen molar-refractivity contribution in [3.63, 3.8) is 0 Å². The highest BCUT2D eigenvalue weighted by atomic mass is 32.3. The second-order valence-corrected chi connectivity index (χ2v) is 20.1. The molecule has 0 aliphatic heterocycles. The van der Waals surface area contributed by atoms with E-state index in [0.29, 0.717) is 95.7 Å². The summed E-state index contributed by atoms with van der Waals surface area (Å²) >= 11 is 0. The maximum absolute atomic E-state index is 11.0. The lowest BCUT2D eigenvalue weighted by atomic mass is 10.0.